The first-order valence-corrected chi connectivity index (χ1v) is 6.26. The van der Waals surface area contributed by atoms with Crippen molar-refractivity contribution in [3.8, 4) is 0 Å². The van der Waals surface area contributed by atoms with Gasteiger partial charge in [0.25, 0.3) is 0 Å². The van der Waals surface area contributed by atoms with Gasteiger partial charge in [-0.15, -0.1) is 0 Å². The first-order valence-electron chi connectivity index (χ1n) is 6.26. The number of carbonyl (C=O) groups excluding carboxylic acids is 2. The van der Waals surface area contributed by atoms with E-state index in [1.807, 2.05) is 6.92 Å². The van der Waals surface area contributed by atoms with Crippen molar-refractivity contribution in [3.05, 3.63) is 0 Å². The summed E-state index contributed by atoms with van der Waals surface area (Å²) in [6.45, 7) is 3.14. The maximum Gasteiger partial charge on any atom is 0.328 e. The highest BCUT2D eigenvalue weighted by atomic mass is 16.5. The second-order valence-corrected chi connectivity index (χ2v) is 4.55. The van der Waals surface area contributed by atoms with Crippen LogP contribution in [0.25, 0.3) is 0 Å². The van der Waals surface area contributed by atoms with Gasteiger partial charge in [-0.3, -0.25) is 4.79 Å². The van der Waals surface area contributed by atoms with Gasteiger partial charge in [0, 0.05) is 19.8 Å². The van der Waals surface area contributed by atoms with Gasteiger partial charge in [-0.2, -0.15) is 0 Å². The highest BCUT2D eigenvalue weighted by Gasteiger charge is 2.40. The van der Waals surface area contributed by atoms with Crippen LogP contribution in [0.2, 0.25) is 0 Å². The zero-order chi connectivity index (χ0) is 13.6. The summed E-state index contributed by atoms with van der Waals surface area (Å²) in [5.74, 6) is -0.601. The highest BCUT2D eigenvalue weighted by molar-refractivity contribution is 5.88. The number of esters is 1. The molecule has 3 N–H and O–H groups in total. The maximum atomic E-state index is 12.3. The van der Waals surface area contributed by atoms with Gasteiger partial charge in [0.2, 0.25) is 5.91 Å². The largest absolute Gasteiger partial charge is 0.467 e. The third-order valence-electron chi connectivity index (χ3n) is 3.52. The van der Waals surface area contributed by atoms with Crippen molar-refractivity contribution in [3.63, 3.8) is 0 Å². The van der Waals surface area contributed by atoms with E-state index in [0.717, 1.165) is 0 Å². The highest BCUT2D eigenvalue weighted by Crippen LogP contribution is 2.29. The molecule has 0 aromatic heterocycles. The molecule has 1 aliphatic rings. The standard InChI is InChI=1S/C12H22N2O4/c1-3-9(10(15)17-2)14-11(16)12(8-13)4-6-18-7-5-12/h9H,3-8,13H2,1-2H3,(H,14,16). The van der Waals surface area contributed by atoms with Gasteiger partial charge in [-0.1, -0.05) is 6.92 Å². The number of methoxy groups -OCH3 is 1. The molecule has 1 aliphatic heterocycles. The number of rotatable bonds is 5. The third-order valence-corrected chi connectivity index (χ3v) is 3.52. The number of ether oxygens (including phenoxy) is 2. The summed E-state index contributed by atoms with van der Waals surface area (Å²) in [4.78, 5) is 23.7. The monoisotopic (exact) mass is 258 g/mol. The molecule has 0 bridgehead atoms. The normalized spacial score (nSPS) is 19.9. The number of hydrogen-bond acceptors (Lipinski definition) is 5. The molecule has 1 unspecified atom stereocenters. The second kappa shape index (κ2) is 6.70. The number of carbonyl (C=O) groups is 2. The molecule has 104 valence electrons. The number of hydrogen-bond donors (Lipinski definition) is 2. The summed E-state index contributed by atoms with van der Waals surface area (Å²) >= 11 is 0. The number of nitrogens with one attached hydrogen (secondary N) is 1. The van der Waals surface area contributed by atoms with E-state index in [-0.39, 0.29) is 12.5 Å². The average Bonchev–Trinajstić information content (AvgIpc) is 2.44. The van der Waals surface area contributed by atoms with Crippen molar-refractivity contribution < 1.29 is 19.1 Å². The Labute approximate surface area is 107 Å². The van der Waals surface area contributed by atoms with Crippen LogP contribution in [0.5, 0.6) is 0 Å². The lowest BCUT2D eigenvalue weighted by Gasteiger charge is -2.35. The Morgan fingerprint density at radius 1 is 1.44 bits per heavy atom. The van der Waals surface area contributed by atoms with Gasteiger partial charge in [0.05, 0.1) is 12.5 Å². The van der Waals surface area contributed by atoms with Crippen molar-refractivity contribution in [1.29, 1.82) is 0 Å². The van der Waals surface area contributed by atoms with Crippen molar-refractivity contribution in [2.24, 2.45) is 11.1 Å². The van der Waals surface area contributed by atoms with Crippen LogP contribution in [0.15, 0.2) is 0 Å². The van der Waals surface area contributed by atoms with E-state index in [2.05, 4.69) is 10.1 Å². The van der Waals surface area contributed by atoms with Gasteiger partial charge < -0.3 is 20.5 Å². The van der Waals surface area contributed by atoms with Crippen molar-refractivity contribution in [2.75, 3.05) is 26.9 Å². The minimum atomic E-state index is -0.611. The van der Waals surface area contributed by atoms with Crippen LogP contribution in [0, 0.1) is 5.41 Å². The van der Waals surface area contributed by atoms with E-state index in [9.17, 15) is 9.59 Å². The smallest absolute Gasteiger partial charge is 0.328 e. The fourth-order valence-electron chi connectivity index (χ4n) is 2.07. The second-order valence-electron chi connectivity index (χ2n) is 4.55. The van der Waals surface area contributed by atoms with Crippen LogP contribution in [0.4, 0.5) is 0 Å². The summed E-state index contributed by atoms with van der Waals surface area (Å²) in [5, 5.41) is 2.73. The van der Waals surface area contributed by atoms with E-state index in [4.69, 9.17) is 10.5 Å². The molecule has 0 radical (unpaired) electrons. The molecule has 1 amide bonds. The molecule has 1 saturated heterocycles. The van der Waals surface area contributed by atoms with Crippen LogP contribution in [0.1, 0.15) is 26.2 Å². The minimum absolute atomic E-state index is 0.175. The Balaban J connectivity index is 2.69. The molecule has 0 aliphatic carbocycles. The zero-order valence-electron chi connectivity index (χ0n) is 11.0. The van der Waals surface area contributed by atoms with Crippen molar-refractivity contribution in [2.45, 2.75) is 32.2 Å². The van der Waals surface area contributed by atoms with Crippen LogP contribution in [-0.2, 0) is 19.1 Å². The maximum absolute atomic E-state index is 12.3. The summed E-state index contributed by atoms with van der Waals surface area (Å²) in [7, 11) is 1.31. The Morgan fingerprint density at radius 2 is 2.06 bits per heavy atom. The molecule has 0 aromatic carbocycles. The van der Waals surface area contributed by atoms with Crippen molar-refractivity contribution in [1.82, 2.24) is 5.32 Å². The lowest BCUT2D eigenvalue weighted by Crippen LogP contribution is -2.53. The zero-order valence-corrected chi connectivity index (χ0v) is 11.0. The van der Waals surface area contributed by atoms with Gasteiger partial charge in [0.15, 0.2) is 0 Å². The minimum Gasteiger partial charge on any atom is -0.467 e. The van der Waals surface area contributed by atoms with Crippen LogP contribution in [-0.4, -0.2) is 44.8 Å². The predicted molar refractivity (Wildman–Crippen MR) is 65.8 cm³/mol. The van der Waals surface area contributed by atoms with Gasteiger partial charge in [0.1, 0.15) is 6.04 Å². The first-order chi connectivity index (χ1) is 8.59. The number of amides is 1. The summed E-state index contributed by atoms with van der Waals surface area (Å²) in [6.07, 6.45) is 1.68. The van der Waals surface area contributed by atoms with E-state index >= 15 is 0 Å². The molecule has 6 nitrogen and oxygen atoms in total. The molecule has 1 rings (SSSR count). The Kier molecular flexibility index (Phi) is 5.55. The lowest BCUT2D eigenvalue weighted by atomic mass is 9.79. The van der Waals surface area contributed by atoms with Crippen LogP contribution >= 0.6 is 0 Å². The van der Waals surface area contributed by atoms with Gasteiger partial charge >= 0.3 is 5.97 Å². The Bertz CT molecular complexity index is 300. The molecular weight excluding hydrogens is 236 g/mol. The summed E-state index contributed by atoms with van der Waals surface area (Å²) in [6, 6.07) is -0.603. The van der Waals surface area contributed by atoms with E-state index in [0.29, 0.717) is 32.5 Å². The molecule has 0 spiro atoms. The molecule has 1 fully saturated rings. The molecule has 18 heavy (non-hydrogen) atoms. The third kappa shape index (κ3) is 3.20. The quantitative estimate of drug-likeness (QED) is 0.667. The molecule has 1 heterocycles. The Morgan fingerprint density at radius 3 is 2.50 bits per heavy atom. The van der Waals surface area contributed by atoms with Crippen molar-refractivity contribution >= 4 is 11.9 Å². The van der Waals surface area contributed by atoms with Crippen LogP contribution < -0.4 is 11.1 Å². The molecule has 0 aromatic rings. The predicted octanol–water partition coefficient (Wildman–Crippen LogP) is -0.190. The average molecular weight is 258 g/mol. The fourth-order valence-corrected chi connectivity index (χ4v) is 2.07. The lowest BCUT2D eigenvalue weighted by molar-refractivity contribution is -0.148. The van der Waals surface area contributed by atoms with E-state index < -0.39 is 17.4 Å². The van der Waals surface area contributed by atoms with E-state index in [1.54, 1.807) is 0 Å². The van der Waals surface area contributed by atoms with Crippen LogP contribution in [0.3, 0.4) is 0 Å². The molecular formula is C12H22N2O4. The Hall–Kier alpha value is -1.14. The van der Waals surface area contributed by atoms with E-state index in [1.165, 1.54) is 7.11 Å². The molecule has 0 saturated carbocycles. The number of nitrogens with two attached hydrogens (primary N) is 1. The summed E-state index contributed by atoms with van der Waals surface area (Å²) in [5.41, 5.74) is 5.12. The topological polar surface area (TPSA) is 90.7 Å². The molecule has 6 heteroatoms. The van der Waals surface area contributed by atoms with Gasteiger partial charge in [-0.05, 0) is 19.3 Å². The fraction of sp³-hybridized carbons (Fsp3) is 0.833. The molecule has 1 atom stereocenters. The SMILES string of the molecule is CCC(NC(=O)C1(CN)CCOCC1)C(=O)OC. The summed E-state index contributed by atoms with van der Waals surface area (Å²) < 4.78 is 9.90. The first kappa shape index (κ1) is 14.9. The van der Waals surface area contributed by atoms with Gasteiger partial charge in [-0.25, -0.2) is 4.79 Å².